The molecule has 61 heavy (non-hydrogen) atoms. The number of hydrogen-bond donors (Lipinski definition) is 2. The van der Waals surface area contributed by atoms with Crippen LogP contribution in [-0.4, -0.2) is 49.3 Å². The van der Waals surface area contributed by atoms with E-state index in [2.05, 4.69) is 26.0 Å². The molecule has 0 aliphatic heterocycles. The lowest BCUT2D eigenvalue weighted by Crippen LogP contribution is -2.29. The fourth-order valence-electron chi connectivity index (χ4n) is 7.75. The molecular formula is C51H100NO8P. The molecule has 2 unspecified atom stereocenters. The third-order valence-electron chi connectivity index (χ3n) is 11.7. The molecule has 0 aromatic rings. The lowest BCUT2D eigenvalue weighted by Gasteiger charge is -2.19. The highest BCUT2D eigenvalue weighted by atomic mass is 31.2. The van der Waals surface area contributed by atoms with Crippen LogP contribution >= 0.6 is 7.82 Å². The predicted octanol–water partition coefficient (Wildman–Crippen LogP) is 15.7. The van der Waals surface area contributed by atoms with E-state index in [-0.39, 0.29) is 38.6 Å². The maximum Gasteiger partial charge on any atom is 0.472 e. The van der Waals surface area contributed by atoms with E-state index in [1.165, 1.54) is 205 Å². The van der Waals surface area contributed by atoms with Crippen molar-refractivity contribution in [1.29, 1.82) is 0 Å². The minimum atomic E-state index is -4.37. The van der Waals surface area contributed by atoms with E-state index >= 15 is 0 Å². The number of carbonyl (C=O) groups excluding carboxylic acids is 2. The van der Waals surface area contributed by atoms with Gasteiger partial charge >= 0.3 is 19.8 Å². The van der Waals surface area contributed by atoms with Crippen LogP contribution in [0.15, 0.2) is 12.2 Å². The van der Waals surface area contributed by atoms with Gasteiger partial charge in [-0.3, -0.25) is 18.6 Å². The molecule has 0 saturated heterocycles. The lowest BCUT2D eigenvalue weighted by atomic mass is 10.0. The number of carbonyl (C=O) groups is 2. The number of rotatable bonds is 50. The Morgan fingerprint density at radius 3 is 1.16 bits per heavy atom. The van der Waals surface area contributed by atoms with Gasteiger partial charge in [0.2, 0.25) is 0 Å². The second-order valence-electron chi connectivity index (χ2n) is 17.8. The topological polar surface area (TPSA) is 134 Å². The van der Waals surface area contributed by atoms with Gasteiger partial charge in [-0.25, -0.2) is 4.57 Å². The fourth-order valence-corrected chi connectivity index (χ4v) is 8.52. The molecule has 0 bridgehead atoms. The van der Waals surface area contributed by atoms with Gasteiger partial charge in [-0.1, -0.05) is 231 Å². The summed E-state index contributed by atoms with van der Waals surface area (Å²) in [5.74, 6) is -0.812. The van der Waals surface area contributed by atoms with Gasteiger partial charge in [0.05, 0.1) is 13.2 Å². The zero-order valence-electron chi connectivity index (χ0n) is 40.2. The summed E-state index contributed by atoms with van der Waals surface area (Å²) in [7, 11) is -4.37. The van der Waals surface area contributed by atoms with Crippen LogP contribution < -0.4 is 5.73 Å². The number of allylic oxidation sites excluding steroid dienone is 2. The van der Waals surface area contributed by atoms with Crippen LogP contribution in [0.4, 0.5) is 0 Å². The summed E-state index contributed by atoms with van der Waals surface area (Å²) in [5, 5.41) is 0. The Morgan fingerprint density at radius 1 is 0.475 bits per heavy atom. The molecule has 0 heterocycles. The zero-order chi connectivity index (χ0) is 44.6. The van der Waals surface area contributed by atoms with Gasteiger partial charge in [-0.2, -0.15) is 0 Å². The molecule has 0 rings (SSSR count). The van der Waals surface area contributed by atoms with Crippen molar-refractivity contribution in [2.45, 2.75) is 277 Å². The van der Waals surface area contributed by atoms with E-state index in [0.717, 1.165) is 32.1 Å². The van der Waals surface area contributed by atoms with E-state index < -0.39 is 26.5 Å². The molecule has 0 radical (unpaired) electrons. The smallest absolute Gasteiger partial charge is 0.462 e. The van der Waals surface area contributed by atoms with Crippen LogP contribution in [0.3, 0.4) is 0 Å². The van der Waals surface area contributed by atoms with Gasteiger partial charge in [0.15, 0.2) is 6.10 Å². The van der Waals surface area contributed by atoms with Crippen molar-refractivity contribution in [3.05, 3.63) is 12.2 Å². The molecule has 0 saturated carbocycles. The standard InChI is InChI=1S/C51H100NO8P/c1-3-5-7-9-11-13-15-17-18-19-20-21-22-23-24-25-26-27-28-29-30-32-34-36-38-40-42-44-51(54)60-49(48-59-61(55,56)58-46-45-52)47-57-50(53)43-41-39-37-35-33-31-16-14-12-10-8-6-4-2/h19-20,49H,3-18,21-48,52H2,1-2H3,(H,55,56)/b20-19-. The Hall–Kier alpha value is -1.25. The number of hydrogen-bond acceptors (Lipinski definition) is 8. The fraction of sp³-hybridized carbons (Fsp3) is 0.922. The highest BCUT2D eigenvalue weighted by molar-refractivity contribution is 7.47. The van der Waals surface area contributed by atoms with E-state index in [4.69, 9.17) is 24.3 Å². The average molecular weight is 886 g/mol. The maximum atomic E-state index is 12.6. The van der Waals surface area contributed by atoms with E-state index in [9.17, 15) is 19.0 Å². The second-order valence-corrected chi connectivity index (χ2v) is 19.2. The summed E-state index contributed by atoms with van der Waals surface area (Å²) in [6.07, 6.45) is 52.6. The highest BCUT2D eigenvalue weighted by Crippen LogP contribution is 2.43. The normalized spacial score (nSPS) is 13.2. The molecule has 0 spiro atoms. The average Bonchev–Trinajstić information content (AvgIpc) is 3.25. The first-order valence-electron chi connectivity index (χ1n) is 26.2. The summed E-state index contributed by atoms with van der Waals surface area (Å²) in [4.78, 5) is 35.0. The largest absolute Gasteiger partial charge is 0.472 e. The number of unbranched alkanes of at least 4 members (excludes halogenated alkanes) is 35. The first-order valence-corrected chi connectivity index (χ1v) is 27.7. The second kappa shape index (κ2) is 48.2. The van der Waals surface area contributed by atoms with Crippen LogP contribution in [0.5, 0.6) is 0 Å². The molecule has 362 valence electrons. The van der Waals surface area contributed by atoms with E-state index in [1.807, 2.05) is 0 Å². The Balaban J connectivity index is 3.92. The third-order valence-corrected chi connectivity index (χ3v) is 12.6. The van der Waals surface area contributed by atoms with Crippen LogP contribution in [0.2, 0.25) is 0 Å². The van der Waals surface area contributed by atoms with Gasteiger partial charge in [0.25, 0.3) is 0 Å². The van der Waals surface area contributed by atoms with Gasteiger partial charge < -0.3 is 20.1 Å². The Morgan fingerprint density at radius 2 is 0.803 bits per heavy atom. The third kappa shape index (κ3) is 48.1. The molecule has 10 heteroatoms. The highest BCUT2D eigenvalue weighted by Gasteiger charge is 2.26. The molecular weight excluding hydrogens is 786 g/mol. The van der Waals surface area contributed by atoms with Crippen molar-refractivity contribution in [2.24, 2.45) is 5.73 Å². The van der Waals surface area contributed by atoms with E-state index in [0.29, 0.717) is 6.42 Å². The molecule has 9 nitrogen and oxygen atoms in total. The number of phosphoric ester groups is 1. The maximum absolute atomic E-state index is 12.6. The first-order chi connectivity index (χ1) is 29.8. The number of nitrogens with two attached hydrogens (primary N) is 1. The first kappa shape index (κ1) is 59.8. The Bertz CT molecular complexity index is 1010. The summed E-state index contributed by atoms with van der Waals surface area (Å²) in [6, 6.07) is 0. The van der Waals surface area contributed by atoms with Crippen LogP contribution in [-0.2, 0) is 32.7 Å². The molecule has 0 amide bonds. The zero-order valence-corrected chi connectivity index (χ0v) is 41.1. The van der Waals surface area contributed by atoms with Crippen molar-refractivity contribution in [2.75, 3.05) is 26.4 Å². The predicted molar refractivity (Wildman–Crippen MR) is 257 cm³/mol. The van der Waals surface area contributed by atoms with Crippen LogP contribution in [0, 0.1) is 0 Å². The summed E-state index contributed by atoms with van der Waals surface area (Å²) >= 11 is 0. The lowest BCUT2D eigenvalue weighted by molar-refractivity contribution is -0.161. The van der Waals surface area contributed by atoms with Gasteiger partial charge in [0.1, 0.15) is 6.61 Å². The molecule has 3 N–H and O–H groups in total. The molecule has 0 fully saturated rings. The molecule has 0 aliphatic carbocycles. The number of esters is 2. The van der Waals surface area contributed by atoms with Crippen molar-refractivity contribution < 1.29 is 37.6 Å². The van der Waals surface area contributed by atoms with Gasteiger partial charge in [-0.05, 0) is 38.5 Å². The summed E-state index contributed by atoms with van der Waals surface area (Å²) in [5.41, 5.74) is 5.36. The minimum absolute atomic E-state index is 0.0570. The van der Waals surface area contributed by atoms with Crippen molar-refractivity contribution in [3.63, 3.8) is 0 Å². The van der Waals surface area contributed by atoms with Crippen molar-refractivity contribution in [3.8, 4) is 0 Å². The van der Waals surface area contributed by atoms with Crippen LogP contribution in [0.1, 0.15) is 271 Å². The summed E-state index contributed by atoms with van der Waals surface area (Å²) < 4.78 is 32.9. The Labute approximate surface area is 377 Å². The van der Waals surface area contributed by atoms with Crippen molar-refractivity contribution in [1.82, 2.24) is 0 Å². The Kier molecular flexibility index (Phi) is 47.2. The molecule has 0 aliphatic rings. The molecule has 2 atom stereocenters. The monoisotopic (exact) mass is 886 g/mol. The molecule has 0 aromatic carbocycles. The molecule has 0 aromatic heterocycles. The van der Waals surface area contributed by atoms with Gasteiger partial charge in [0, 0.05) is 19.4 Å². The van der Waals surface area contributed by atoms with Gasteiger partial charge in [-0.15, -0.1) is 0 Å². The summed E-state index contributed by atoms with van der Waals surface area (Å²) in [6.45, 7) is 3.78. The number of phosphoric acid groups is 1. The number of ether oxygens (including phenoxy) is 2. The quantitative estimate of drug-likeness (QED) is 0.0265. The minimum Gasteiger partial charge on any atom is -0.462 e. The van der Waals surface area contributed by atoms with Crippen molar-refractivity contribution >= 4 is 19.8 Å². The van der Waals surface area contributed by atoms with E-state index in [1.54, 1.807) is 0 Å². The SMILES string of the molecule is CCCCCCCCCC/C=C\CCCCCCCCCCCCCCCCCC(=O)OC(COC(=O)CCCCCCCCCCCCCCC)COP(=O)(O)OCCN. The van der Waals surface area contributed by atoms with Crippen LogP contribution in [0.25, 0.3) is 0 Å².